The minimum Gasteiger partial charge on any atom is -0.480 e. The van der Waals surface area contributed by atoms with E-state index in [2.05, 4.69) is 4.98 Å². The Hall–Kier alpha value is -2.14. The molecule has 0 bridgehead atoms. The van der Waals surface area contributed by atoms with E-state index in [1.165, 1.54) is 0 Å². The van der Waals surface area contributed by atoms with Crippen molar-refractivity contribution in [1.29, 1.82) is 0 Å². The molecule has 1 aromatic heterocycles. The van der Waals surface area contributed by atoms with Gasteiger partial charge in [0, 0.05) is 24.6 Å². The third-order valence-electron chi connectivity index (χ3n) is 3.77. The molecule has 5 nitrogen and oxygen atoms in total. The van der Waals surface area contributed by atoms with Gasteiger partial charge in [-0.1, -0.05) is 12.1 Å². The van der Waals surface area contributed by atoms with Crippen LogP contribution in [-0.4, -0.2) is 38.1 Å². The molecule has 0 aliphatic carbocycles. The van der Waals surface area contributed by atoms with Crippen LogP contribution in [0.2, 0.25) is 0 Å². The lowest BCUT2D eigenvalue weighted by molar-refractivity contribution is -0.142. The first kappa shape index (κ1) is 12.9. The van der Waals surface area contributed by atoms with Crippen molar-refractivity contribution in [3.8, 4) is 5.69 Å². The molecule has 5 heteroatoms. The number of carboxylic acid groups (broad SMARTS) is 1. The summed E-state index contributed by atoms with van der Waals surface area (Å²) in [6.45, 7) is 1.56. The van der Waals surface area contributed by atoms with Gasteiger partial charge in [-0.2, -0.15) is 0 Å². The number of hydrogen-bond acceptors (Lipinski definition) is 3. The van der Waals surface area contributed by atoms with Crippen LogP contribution >= 0.6 is 0 Å². The quantitative estimate of drug-likeness (QED) is 0.923. The number of benzene rings is 1. The Bertz CT molecular complexity index is 578. The van der Waals surface area contributed by atoms with Gasteiger partial charge in [-0.15, -0.1) is 0 Å². The van der Waals surface area contributed by atoms with Gasteiger partial charge in [0.05, 0.1) is 6.33 Å². The highest BCUT2D eigenvalue weighted by Gasteiger charge is 2.30. The van der Waals surface area contributed by atoms with E-state index in [1.54, 1.807) is 12.5 Å². The van der Waals surface area contributed by atoms with Crippen LogP contribution in [0.4, 0.5) is 0 Å². The van der Waals surface area contributed by atoms with E-state index < -0.39 is 5.97 Å². The van der Waals surface area contributed by atoms with Gasteiger partial charge >= 0.3 is 5.97 Å². The number of carbonyl (C=O) groups is 1. The lowest BCUT2D eigenvalue weighted by atomic mass is 10.1. The Morgan fingerprint density at radius 2 is 2.15 bits per heavy atom. The van der Waals surface area contributed by atoms with Crippen molar-refractivity contribution in [2.75, 3.05) is 6.54 Å². The second-order valence-corrected chi connectivity index (χ2v) is 5.10. The molecule has 1 saturated heterocycles. The largest absolute Gasteiger partial charge is 0.480 e. The summed E-state index contributed by atoms with van der Waals surface area (Å²) < 4.78 is 1.94. The van der Waals surface area contributed by atoms with Crippen molar-refractivity contribution >= 4 is 5.97 Å². The Labute approximate surface area is 117 Å². The molecule has 1 aromatic carbocycles. The van der Waals surface area contributed by atoms with Crippen LogP contribution in [0.15, 0.2) is 43.0 Å². The van der Waals surface area contributed by atoms with E-state index in [0.717, 1.165) is 30.6 Å². The van der Waals surface area contributed by atoms with Crippen LogP contribution in [0.5, 0.6) is 0 Å². The normalized spacial score (nSPS) is 19.3. The fraction of sp³-hybridized carbons (Fsp3) is 0.333. The number of nitrogens with zero attached hydrogens (tertiary/aromatic N) is 3. The summed E-state index contributed by atoms with van der Waals surface area (Å²) in [4.78, 5) is 17.2. The minimum absolute atomic E-state index is 0.330. The zero-order valence-electron chi connectivity index (χ0n) is 11.1. The fourth-order valence-corrected chi connectivity index (χ4v) is 2.71. The van der Waals surface area contributed by atoms with Crippen molar-refractivity contribution in [3.63, 3.8) is 0 Å². The molecule has 1 N–H and O–H groups in total. The summed E-state index contributed by atoms with van der Waals surface area (Å²) in [7, 11) is 0. The molecule has 1 unspecified atom stereocenters. The lowest BCUT2D eigenvalue weighted by Crippen LogP contribution is -2.35. The standard InChI is InChI=1S/C15H17N3O2/c19-15(20)14-2-1-8-17(14)10-12-3-5-13(6-4-12)18-9-7-16-11-18/h3-7,9,11,14H,1-2,8,10H2,(H,19,20). The maximum absolute atomic E-state index is 11.2. The molecule has 2 aromatic rings. The molecule has 0 radical (unpaired) electrons. The summed E-state index contributed by atoms with van der Waals surface area (Å²) in [6.07, 6.45) is 7.12. The topological polar surface area (TPSA) is 58.4 Å². The first-order valence-electron chi connectivity index (χ1n) is 6.78. The molecule has 0 spiro atoms. The Morgan fingerprint density at radius 1 is 1.35 bits per heavy atom. The molecule has 104 valence electrons. The van der Waals surface area contributed by atoms with E-state index >= 15 is 0 Å². The zero-order valence-corrected chi connectivity index (χ0v) is 11.1. The number of rotatable bonds is 4. The van der Waals surface area contributed by atoms with Gasteiger partial charge in [0.2, 0.25) is 0 Å². The Balaban J connectivity index is 1.71. The van der Waals surface area contributed by atoms with Gasteiger partial charge in [-0.05, 0) is 37.1 Å². The average molecular weight is 271 g/mol. The SMILES string of the molecule is O=C(O)C1CCCN1Cc1ccc(-n2ccnc2)cc1. The smallest absolute Gasteiger partial charge is 0.320 e. The summed E-state index contributed by atoms with van der Waals surface area (Å²) in [5, 5.41) is 9.18. The van der Waals surface area contributed by atoms with Gasteiger partial charge in [-0.25, -0.2) is 4.98 Å². The van der Waals surface area contributed by atoms with Gasteiger partial charge in [0.1, 0.15) is 6.04 Å². The van der Waals surface area contributed by atoms with Crippen molar-refractivity contribution in [2.24, 2.45) is 0 Å². The molecule has 1 aliphatic rings. The van der Waals surface area contributed by atoms with Gasteiger partial charge in [-0.3, -0.25) is 9.69 Å². The highest BCUT2D eigenvalue weighted by molar-refractivity contribution is 5.73. The van der Waals surface area contributed by atoms with Crippen molar-refractivity contribution < 1.29 is 9.90 Å². The van der Waals surface area contributed by atoms with Gasteiger partial charge in [0.25, 0.3) is 0 Å². The molecule has 20 heavy (non-hydrogen) atoms. The van der Waals surface area contributed by atoms with Crippen LogP contribution in [0, 0.1) is 0 Å². The van der Waals surface area contributed by atoms with E-state index in [9.17, 15) is 9.90 Å². The molecule has 0 saturated carbocycles. The fourth-order valence-electron chi connectivity index (χ4n) is 2.71. The number of aliphatic carboxylic acids is 1. The summed E-state index contributed by atoms with van der Waals surface area (Å²) in [5.41, 5.74) is 2.20. The predicted molar refractivity (Wildman–Crippen MR) is 74.6 cm³/mol. The highest BCUT2D eigenvalue weighted by Crippen LogP contribution is 2.20. The highest BCUT2D eigenvalue weighted by atomic mass is 16.4. The maximum Gasteiger partial charge on any atom is 0.320 e. The monoisotopic (exact) mass is 271 g/mol. The van der Waals surface area contributed by atoms with E-state index in [4.69, 9.17) is 0 Å². The maximum atomic E-state index is 11.2. The van der Waals surface area contributed by atoms with Crippen LogP contribution in [0.25, 0.3) is 5.69 Å². The van der Waals surface area contributed by atoms with Crippen LogP contribution in [-0.2, 0) is 11.3 Å². The molecule has 1 aliphatic heterocycles. The zero-order chi connectivity index (χ0) is 13.9. The average Bonchev–Trinajstić information content (AvgIpc) is 3.10. The number of likely N-dealkylation sites (tertiary alicyclic amines) is 1. The molecular weight excluding hydrogens is 254 g/mol. The summed E-state index contributed by atoms with van der Waals surface area (Å²) in [6, 6.07) is 7.83. The Morgan fingerprint density at radius 3 is 2.80 bits per heavy atom. The number of aromatic nitrogens is 2. The second-order valence-electron chi connectivity index (χ2n) is 5.10. The molecular formula is C15H17N3O2. The lowest BCUT2D eigenvalue weighted by Gasteiger charge is -2.21. The van der Waals surface area contributed by atoms with Gasteiger partial charge < -0.3 is 9.67 Å². The van der Waals surface area contributed by atoms with Crippen LogP contribution in [0.3, 0.4) is 0 Å². The summed E-state index contributed by atoms with van der Waals surface area (Å²) in [5.74, 6) is -0.711. The first-order valence-corrected chi connectivity index (χ1v) is 6.78. The van der Waals surface area contributed by atoms with Crippen LogP contribution < -0.4 is 0 Å². The predicted octanol–water partition coefficient (Wildman–Crippen LogP) is 1.92. The number of hydrogen-bond donors (Lipinski definition) is 1. The van der Waals surface area contributed by atoms with E-state index in [0.29, 0.717) is 6.54 Å². The first-order chi connectivity index (χ1) is 9.74. The third-order valence-corrected chi connectivity index (χ3v) is 3.77. The van der Waals surface area contributed by atoms with Crippen molar-refractivity contribution in [3.05, 3.63) is 48.5 Å². The third kappa shape index (κ3) is 2.58. The number of imidazole rings is 1. The number of carboxylic acids is 1. The second kappa shape index (κ2) is 5.46. The molecule has 1 fully saturated rings. The van der Waals surface area contributed by atoms with E-state index in [1.807, 2.05) is 39.9 Å². The van der Waals surface area contributed by atoms with E-state index in [-0.39, 0.29) is 6.04 Å². The van der Waals surface area contributed by atoms with Crippen molar-refractivity contribution in [2.45, 2.75) is 25.4 Å². The minimum atomic E-state index is -0.711. The molecule has 3 rings (SSSR count). The van der Waals surface area contributed by atoms with Crippen LogP contribution in [0.1, 0.15) is 18.4 Å². The van der Waals surface area contributed by atoms with Gasteiger partial charge in [0.15, 0.2) is 0 Å². The molecule has 2 heterocycles. The molecule has 0 amide bonds. The Kier molecular flexibility index (Phi) is 3.52. The summed E-state index contributed by atoms with van der Waals surface area (Å²) >= 11 is 0. The van der Waals surface area contributed by atoms with Crippen molar-refractivity contribution in [1.82, 2.24) is 14.5 Å². The molecule has 1 atom stereocenters.